The fourth-order valence-electron chi connectivity index (χ4n) is 0.898. The van der Waals surface area contributed by atoms with Crippen molar-refractivity contribution in [2.24, 2.45) is 0 Å². The molecule has 1 aliphatic rings. The topological polar surface area (TPSA) is 33.7 Å². The van der Waals surface area contributed by atoms with Gasteiger partial charge in [-0.25, -0.2) is 0 Å². The van der Waals surface area contributed by atoms with Crippen molar-refractivity contribution in [3.8, 4) is 0 Å². The summed E-state index contributed by atoms with van der Waals surface area (Å²) in [4.78, 5) is 8.62. The fraction of sp³-hybridized carbons (Fsp3) is 0.833. The first-order valence-electron chi connectivity index (χ1n) is 3.29. The van der Waals surface area contributed by atoms with E-state index in [1.54, 1.807) is 0 Å². The second-order valence-corrected chi connectivity index (χ2v) is 2.22. The molecule has 0 aromatic heterocycles. The second-order valence-electron chi connectivity index (χ2n) is 2.02. The first-order valence-corrected chi connectivity index (χ1v) is 3.76. The number of hydrogen-bond acceptors (Lipinski definition) is 2. The van der Waals surface area contributed by atoms with Crippen molar-refractivity contribution in [3.05, 3.63) is 0 Å². The summed E-state index contributed by atoms with van der Waals surface area (Å²) in [5.41, 5.74) is 0.333. The van der Waals surface area contributed by atoms with Gasteiger partial charge in [-0.15, -0.1) is 0 Å². The van der Waals surface area contributed by atoms with Crippen LogP contribution in [0.25, 0.3) is 0 Å². The standard InChI is InChI=1S/C5H11N.CH2OS/c1-2-4-6-5-3-1;2-1-3/h6H,1-5H2;1H,(H,2,3). The normalized spacial score (nSPS) is 17.3. The third kappa shape index (κ3) is 7.85. The van der Waals surface area contributed by atoms with Crippen LogP contribution in [0.1, 0.15) is 19.3 Å². The zero-order valence-corrected chi connectivity index (χ0v) is 6.32. The van der Waals surface area contributed by atoms with E-state index in [-0.39, 0.29) is 0 Å². The lowest BCUT2D eigenvalue weighted by molar-refractivity contribution is -0.662. The Labute approximate surface area is 61.4 Å². The molecule has 0 unspecified atom stereocenters. The van der Waals surface area contributed by atoms with Crippen LogP contribution in [0, 0.1) is 0 Å². The predicted octanol–water partition coefficient (Wildman–Crippen LogP) is -0.543. The molecule has 1 aliphatic heterocycles. The smallest absolute Gasteiger partial charge is 0.0755 e. The van der Waals surface area contributed by atoms with Gasteiger partial charge in [-0.05, 0) is 24.9 Å². The molecule has 1 heterocycles. The summed E-state index contributed by atoms with van der Waals surface area (Å²) < 4.78 is 0. The molecule has 0 aromatic rings. The van der Waals surface area contributed by atoms with E-state index in [9.17, 15) is 0 Å². The van der Waals surface area contributed by atoms with Gasteiger partial charge in [0, 0.05) is 0 Å². The maximum Gasteiger partial charge on any atom is 0.0755 e. The van der Waals surface area contributed by atoms with Gasteiger partial charge in [-0.1, -0.05) is 0 Å². The molecular weight excluding hydrogens is 134 g/mol. The molecule has 0 amide bonds. The predicted molar refractivity (Wildman–Crippen MR) is 39.6 cm³/mol. The van der Waals surface area contributed by atoms with Crippen molar-refractivity contribution in [3.63, 3.8) is 0 Å². The lowest BCUT2D eigenvalue weighted by atomic mass is 10.2. The number of quaternary nitrogens is 1. The highest BCUT2D eigenvalue weighted by molar-refractivity contribution is 7.74. The van der Waals surface area contributed by atoms with Crippen LogP contribution < -0.4 is 5.32 Å². The lowest BCUT2D eigenvalue weighted by Gasteiger charge is -2.05. The third-order valence-electron chi connectivity index (χ3n) is 1.32. The molecule has 3 heteroatoms. The molecule has 0 bridgehead atoms. The van der Waals surface area contributed by atoms with Crippen LogP contribution in [0.5, 0.6) is 0 Å². The van der Waals surface area contributed by atoms with Gasteiger partial charge in [0.25, 0.3) is 0 Å². The zero-order valence-electron chi connectivity index (χ0n) is 5.51. The highest BCUT2D eigenvalue weighted by Crippen LogP contribution is 1.91. The number of hydrogen-bond donors (Lipinski definition) is 1. The SMILES string of the molecule is C1CC[NH2+]CC1.O=C[S-]. The average Bonchev–Trinajstić information content (AvgIpc) is 1.93. The maximum atomic E-state index is 8.62. The average molecular weight is 147 g/mol. The van der Waals surface area contributed by atoms with E-state index >= 15 is 0 Å². The van der Waals surface area contributed by atoms with E-state index < -0.39 is 0 Å². The number of carbonyl (C=O) groups is 1. The summed E-state index contributed by atoms with van der Waals surface area (Å²) in [7, 11) is 0. The highest BCUT2D eigenvalue weighted by Gasteiger charge is 1.97. The quantitative estimate of drug-likeness (QED) is 0.369. The molecule has 0 aliphatic carbocycles. The van der Waals surface area contributed by atoms with E-state index in [0.717, 1.165) is 0 Å². The maximum absolute atomic E-state index is 8.62. The fourth-order valence-corrected chi connectivity index (χ4v) is 0.898. The summed E-state index contributed by atoms with van der Waals surface area (Å²) in [6.45, 7) is 2.75. The molecule has 0 atom stereocenters. The summed E-state index contributed by atoms with van der Waals surface area (Å²) in [6, 6.07) is 0. The monoisotopic (exact) mass is 147 g/mol. The van der Waals surface area contributed by atoms with Crippen molar-refractivity contribution in [1.29, 1.82) is 0 Å². The van der Waals surface area contributed by atoms with Crippen molar-refractivity contribution in [1.82, 2.24) is 0 Å². The zero-order chi connectivity index (χ0) is 6.95. The third-order valence-corrected chi connectivity index (χ3v) is 1.32. The van der Waals surface area contributed by atoms with Gasteiger partial charge in [0.1, 0.15) is 0 Å². The molecule has 2 N–H and O–H groups in total. The van der Waals surface area contributed by atoms with E-state index in [0.29, 0.717) is 5.62 Å². The summed E-state index contributed by atoms with van der Waals surface area (Å²) in [5.74, 6) is 0. The van der Waals surface area contributed by atoms with Crippen molar-refractivity contribution >= 4 is 18.2 Å². The van der Waals surface area contributed by atoms with Crippen LogP contribution in [0.2, 0.25) is 0 Å². The van der Waals surface area contributed by atoms with E-state index in [1.807, 2.05) is 0 Å². The first-order chi connectivity index (χ1) is 4.41. The first kappa shape index (κ1) is 8.85. The molecular formula is C6H13NOS. The molecule has 9 heavy (non-hydrogen) atoms. The Morgan fingerprint density at radius 2 is 1.67 bits per heavy atom. The molecule has 0 spiro atoms. The minimum atomic E-state index is 0.333. The minimum Gasteiger partial charge on any atom is -0.746 e. The van der Waals surface area contributed by atoms with E-state index in [2.05, 4.69) is 17.9 Å². The lowest BCUT2D eigenvalue weighted by Crippen LogP contribution is -2.85. The number of rotatable bonds is 0. The molecule has 1 rings (SSSR count). The number of nitrogens with two attached hydrogens (primary N) is 1. The van der Waals surface area contributed by atoms with Crippen molar-refractivity contribution in [2.45, 2.75) is 19.3 Å². The molecule has 0 aromatic carbocycles. The van der Waals surface area contributed by atoms with Gasteiger partial charge >= 0.3 is 0 Å². The van der Waals surface area contributed by atoms with Crippen molar-refractivity contribution < 1.29 is 10.1 Å². The van der Waals surface area contributed by atoms with Gasteiger partial charge in [-0.3, -0.25) is 0 Å². The number of piperidine rings is 1. The van der Waals surface area contributed by atoms with E-state index in [1.165, 1.54) is 32.4 Å². The Kier molecular flexibility index (Phi) is 7.72. The van der Waals surface area contributed by atoms with Gasteiger partial charge < -0.3 is 22.7 Å². The van der Waals surface area contributed by atoms with Gasteiger partial charge in [0.15, 0.2) is 0 Å². The Hall–Kier alpha value is -0.150. The molecule has 0 saturated carbocycles. The van der Waals surface area contributed by atoms with Crippen LogP contribution in [0.15, 0.2) is 0 Å². The van der Waals surface area contributed by atoms with Gasteiger partial charge in [0.2, 0.25) is 0 Å². The van der Waals surface area contributed by atoms with Crippen LogP contribution in [-0.4, -0.2) is 18.7 Å². The highest BCUT2D eigenvalue weighted by atomic mass is 32.1. The summed E-state index contributed by atoms with van der Waals surface area (Å²) in [5, 5.41) is 2.39. The molecule has 1 saturated heterocycles. The Balaban J connectivity index is 0.000000187. The number of carbonyl (C=O) groups excluding carboxylic acids is 1. The van der Waals surface area contributed by atoms with Gasteiger partial charge in [-0.2, -0.15) is 0 Å². The van der Waals surface area contributed by atoms with Gasteiger partial charge in [0.05, 0.1) is 13.1 Å². The molecule has 0 radical (unpaired) electrons. The van der Waals surface area contributed by atoms with Crippen molar-refractivity contribution in [2.75, 3.05) is 13.1 Å². The molecule has 2 nitrogen and oxygen atoms in total. The Morgan fingerprint density at radius 3 is 1.78 bits per heavy atom. The van der Waals surface area contributed by atoms with Crippen LogP contribution in [0.4, 0.5) is 0 Å². The summed E-state index contributed by atoms with van der Waals surface area (Å²) >= 11 is 3.71. The Morgan fingerprint density at radius 1 is 1.22 bits per heavy atom. The molecule has 54 valence electrons. The minimum absolute atomic E-state index is 0.333. The largest absolute Gasteiger partial charge is 0.746 e. The molecule has 1 fully saturated rings. The Bertz CT molecular complexity index is 52.6. The summed E-state index contributed by atoms with van der Waals surface area (Å²) in [6.07, 6.45) is 4.36. The van der Waals surface area contributed by atoms with Crippen LogP contribution in [0.3, 0.4) is 0 Å². The van der Waals surface area contributed by atoms with Crippen LogP contribution in [-0.2, 0) is 17.4 Å². The van der Waals surface area contributed by atoms with Crippen LogP contribution >= 0.6 is 0 Å². The van der Waals surface area contributed by atoms with E-state index in [4.69, 9.17) is 4.79 Å². The second kappa shape index (κ2) is 7.85.